The first-order valence-electron chi connectivity index (χ1n) is 11.6. The van der Waals surface area contributed by atoms with E-state index in [4.69, 9.17) is 4.98 Å². The summed E-state index contributed by atoms with van der Waals surface area (Å²) in [6.07, 6.45) is 0.291. The number of hydrogen-bond donors (Lipinski definition) is 1. The van der Waals surface area contributed by atoms with Crippen molar-refractivity contribution in [3.05, 3.63) is 96.3 Å². The third-order valence-electron chi connectivity index (χ3n) is 5.77. The molecular weight excluding hydrogens is 424 g/mol. The van der Waals surface area contributed by atoms with Crippen molar-refractivity contribution in [3.8, 4) is 0 Å². The van der Waals surface area contributed by atoms with Crippen LogP contribution in [0.25, 0.3) is 11.0 Å². The maximum atomic E-state index is 13.5. The van der Waals surface area contributed by atoms with E-state index >= 15 is 0 Å². The molecule has 0 aliphatic rings. The second-order valence-electron chi connectivity index (χ2n) is 8.69. The molecule has 0 spiro atoms. The molecule has 174 valence electrons. The van der Waals surface area contributed by atoms with Crippen LogP contribution >= 0.6 is 0 Å². The minimum atomic E-state index is -0.361. The van der Waals surface area contributed by atoms with E-state index in [0.29, 0.717) is 12.2 Å². The van der Waals surface area contributed by atoms with Gasteiger partial charge in [0.2, 0.25) is 11.8 Å². The monoisotopic (exact) mass is 454 g/mol. The number of benzene rings is 3. The Morgan fingerprint density at radius 2 is 1.50 bits per heavy atom. The molecular formula is C28H30N4O2. The average molecular weight is 455 g/mol. The quantitative estimate of drug-likeness (QED) is 0.412. The molecule has 1 unspecified atom stereocenters. The largest absolute Gasteiger partial charge is 0.346 e. The molecule has 34 heavy (non-hydrogen) atoms. The molecule has 4 rings (SSSR count). The van der Waals surface area contributed by atoms with Gasteiger partial charge in [0.05, 0.1) is 23.5 Å². The first-order valence-corrected chi connectivity index (χ1v) is 11.6. The maximum Gasteiger partial charge on any atom is 0.247 e. The number of anilines is 1. The van der Waals surface area contributed by atoms with Crippen molar-refractivity contribution in [2.75, 3.05) is 4.90 Å². The Morgan fingerprint density at radius 1 is 0.882 bits per heavy atom. The number of carbonyl (C=O) groups is 2. The Morgan fingerprint density at radius 3 is 2.18 bits per heavy atom. The zero-order valence-corrected chi connectivity index (χ0v) is 19.8. The zero-order valence-electron chi connectivity index (χ0n) is 19.8. The van der Waals surface area contributed by atoms with Gasteiger partial charge in [-0.3, -0.25) is 9.59 Å². The van der Waals surface area contributed by atoms with E-state index < -0.39 is 0 Å². The molecule has 3 aromatic carbocycles. The van der Waals surface area contributed by atoms with E-state index in [9.17, 15) is 9.59 Å². The number of hydrogen-bond acceptors (Lipinski definition) is 3. The molecule has 0 fully saturated rings. The summed E-state index contributed by atoms with van der Waals surface area (Å²) in [5.74, 6) is 0.540. The smallest absolute Gasteiger partial charge is 0.247 e. The number of rotatable bonds is 8. The van der Waals surface area contributed by atoms with Crippen LogP contribution in [-0.2, 0) is 22.6 Å². The van der Waals surface area contributed by atoms with E-state index in [1.54, 1.807) is 4.90 Å². The van der Waals surface area contributed by atoms with E-state index in [1.165, 1.54) is 0 Å². The molecule has 1 atom stereocenters. The third-order valence-corrected chi connectivity index (χ3v) is 5.77. The molecule has 4 aromatic rings. The van der Waals surface area contributed by atoms with Crippen molar-refractivity contribution in [1.29, 1.82) is 0 Å². The standard InChI is InChI=1S/C28H30N4O2/c1-20(2)32(23-14-8-5-9-15-23)27(34)19-31-25-17-11-10-16-24(25)30-28(31)21(3)29-26(33)18-22-12-6-4-7-13-22/h4-17,20-21H,18-19H2,1-3H3,(H,29,33). The summed E-state index contributed by atoms with van der Waals surface area (Å²) in [6, 6.07) is 26.7. The van der Waals surface area contributed by atoms with Gasteiger partial charge in [-0.25, -0.2) is 4.98 Å². The van der Waals surface area contributed by atoms with Crippen molar-refractivity contribution in [2.45, 2.75) is 45.8 Å². The molecule has 1 heterocycles. The van der Waals surface area contributed by atoms with Crippen molar-refractivity contribution >= 4 is 28.5 Å². The lowest BCUT2D eigenvalue weighted by Crippen LogP contribution is -2.40. The first kappa shape index (κ1) is 23.2. The highest BCUT2D eigenvalue weighted by atomic mass is 16.2. The molecule has 0 saturated carbocycles. The van der Waals surface area contributed by atoms with Crippen LogP contribution in [0.5, 0.6) is 0 Å². The van der Waals surface area contributed by atoms with Gasteiger partial charge in [0.25, 0.3) is 0 Å². The van der Waals surface area contributed by atoms with Crippen LogP contribution in [0.1, 0.15) is 38.2 Å². The normalized spacial score (nSPS) is 12.0. The SMILES string of the molecule is CC(NC(=O)Cc1ccccc1)c1nc2ccccc2n1CC(=O)N(c1ccccc1)C(C)C. The highest BCUT2D eigenvalue weighted by molar-refractivity contribution is 5.94. The summed E-state index contributed by atoms with van der Waals surface area (Å²) in [7, 11) is 0. The minimum absolute atomic E-state index is 0.00358. The van der Waals surface area contributed by atoms with Crippen molar-refractivity contribution < 1.29 is 9.59 Å². The number of fused-ring (bicyclic) bond motifs is 1. The lowest BCUT2D eigenvalue weighted by Gasteiger charge is -2.28. The Hall–Kier alpha value is -3.93. The first-order chi connectivity index (χ1) is 16.4. The predicted molar refractivity (Wildman–Crippen MR) is 136 cm³/mol. The fourth-order valence-corrected chi connectivity index (χ4v) is 4.26. The lowest BCUT2D eigenvalue weighted by atomic mass is 10.1. The highest BCUT2D eigenvalue weighted by Crippen LogP contribution is 2.23. The van der Waals surface area contributed by atoms with Gasteiger partial charge in [0.1, 0.15) is 12.4 Å². The summed E-state index contributed by atoms with van der Waals surface area (Å²) >= 11 is 0. The number of nitrogens with one attached hydrogen (secondary N) is 1. The van der Waals surface area contributed by atoms with E-state index in [0.717, 1.165) is 22.3 Å². The second-order valence-corrected chi connectivity index (χ2v) is 8.69. The summed E-state index contributed by atoms with van der Waals surface area (Å²) < 4.78 is 1.92. The van der Waals surface area contributed by atoms with Gasteiger partial charge in [-0.2, -0.15) is 0 Å². The Bertz CT molecular complexity index is 1270. The number of para-hydroxylation sites is 3. The zero-order chi connectivity index (χ0) is 24.1. The molecule has 2 amide bonds. The highest BCUT2D eigenvalue weighted by Gasteiger charge is 2.24. The molecule has 1 N–H and O–H groups in total. The van der Waals surface area contributed by atoms with Crippen LogP contribution in [0.15, 0.2) is 84.9 Å². The van der Waals surface area contributed by atoms with E-state index in [1.807, 2.05) is 110 Å². The predicted octanol–water partition coefficient (Wildman–Crippen LogP) is 4.90. The Labute approximate surface area is 200 Å². The van der Waals surface area contributed by atoms with Gasteiger partial charge in [0.15, 0.2) is 0 Å². The lowest BCUT2D eigenvalue weighted by molar-refractivity contribution is -0.121. The fourth-order valence-electron chi connectivity index (χ4n) is 4.26. The van der Waals surface area contributed by atoms with Gasteiger partial charge < -0.3 is 14.8 Å². The molecule has 6 heteroatoms. The van der Waals surface area contributed by atoms with Crippen LogP contribution in [0.3, 0.4) is 0 Å². The number of amides is 2. The van der Waals surface area contributed by atoms with Crippen LogP contribution < -0.4 is 10.2 Å². The molecule has 6 nitrogen and oxygen atoms in total. The van der Waals surface area contributed by atoms with Gasteiger partial charge in [0, 0.05) is 11.7 Å². The molecule has 0 bridgehead atoms. The van der Waals surface area contributed by atoms with E-state index in [-0.39, 0.29) is 30.4 Å². The average Bonchev–Trinajstić information content (AvgIpc) is 3.19. The van der Waals surface area contributed by atoms with Crippen LogP contribution in [0.2, 0.25) is 0 Å². The number of carbonyl (C=O) groups excluding carboxylic acids is 2. The van der Waals surface area contributed by atoms with Gasteiger partial charge in [-0.15, -0.1) is 0 Å². The van der Waals surface area contributed by atoms with Crippen LogP contribution in [0, 0.1) is 0 Å². The summed E-state index contributed by atoms with van der Waals surface area (Å²) in [4.78, 5) is 32.8. The van der Waals surface area contributed by atoms with Crippen molar-refractivity contribution in [2.24, 2.45) is 0 Å². The van der Waals surface area contributed by atoms with Gasteiger partial charge in [-0.05, 0) is 50.6 Å². The van der Waals surface area contributed by atoms with Gasteiger partial charge in [-0.1, -0.05) is 60.7 Å². The summed E-state index contributed by atoms with van der Waals surface area (Å²) in [5.41, 5.74) is 3.47. The number of nitrogens with zero attached hydrogens (tertiary/aromatic N) is 3. The minimum Gasteiger partial charge on any atom is -0.346 e. The second kappa shape index (κ2) is 10.3. The van der Waals surface area contributed by atoms with Crippen molar-refractivity contribution in [3.63, 3.8) is 0 Å². The molecule has 0 aliphatic carbocycles. The van der Waals surface area contributed by atoms with Crippen molar-refractivity contribution in [1.82, 2.24) is 14.9 Å². The van der Waals surface area contributed by atoms with Crippen LogP contribution in [0.4, 0.5) is 5.69 Å². The fraction of sp³-hybridized carbons (Fsp3) is 0.250. The Balaban J connectivity index is 1.61. The summed E-state index contributed by atoms with van der Waals surface area (Å²) in [6.45, 7) is 6.04. The molecule has 0 aliphatic heterocycles. The number of aromatic nitrogens is 2. The number of imidazole rings is 1. The van der Waals surface area contributed by atoms with E-state index in [2.05, 4.69) is 5.32 Å². The topological polar surface area (TPSA) is 67.2 Å². The summed E-state index contributed by atoms with van der Waals surface area (Å²) in [5, 5.41) is 3.06. The third kappa shape index (κ3) is 5.17. The van der Waals surface area contributed by atoms with Crippen LogP contribution in [-0.4, -0.2) is 27.4 Å². The Kier molecular flexibility index (Phi) is 7.07. The maximum absolute atomic E-state index is 13.5. The molecule has 0 saturated heterocycles. The molecule has 0 radical (unpaired) electrons. The van der Waals surface area contributed by atoms with Gasteiger partial charge >= 0.3 is 0 Å². The molecule has 1 aromatic heterocycles.